The molecule has 4 aromatic heterocycles. The molecule has 0 amide bonds. The Bertz CT molecular complexity index is 1950. The lowest BCUT2D eigenvalue weighted by molar-refractivity contribution is -0.0590. The van der Waals surface area contributed by atoms with E-state index in [0.717, 1.165) is 17.7 Å². The van der Waals surface area contributed by atoms with Crippen molar-refractivity contribution in [2.45, 2.75) is 32.1 Å². The number of carbonyl (C=O) groups is 1. The van der Waals surface area contributed by atoms with Gasteiger partial charge >= 0.3 is 5.97 Å². The van der Waals surface area contributed by atoms with Crippen molar-refractivity contribution in [2.24, 2.45) is 0 Å². The molecule has 44 heavy (non-hydrogen) atoms. The first-order valence-corrected chi connectivity index (χ1v) is 14.2. The van der Waals surface area contributed by atoms with Crippen molar-refractivity contribution >= 4 is 17.1 Å². The lowest BCUT2D eigenvalue weighted by Gasteiger charge is -2.27. The van der Waals surface area contributed by atoms with E-state index in [-0.39, 0.29) is 18.2 Å². The zero-order valence-corrected chi connectivity index (χ0v) is 23.5. The second-order valence-corrected chi connectivity index (χ2v) is 10.5. The molecule has 1 atom stereocenters. The number of nitrogens with zero attached hydrogens (tertiary/aromatic N) is 6. The minimum atomic E-state index is -1.12. The standard InChI is InChI=1S/C33H27FN6O4/c34-26-16-23(27-2-1-3-31(37-27)44-19-21-4-8-24(9-5-21)39-14-13-35-20-39)7-6-22(26)17-30-36-28-10-11-29(33(41)42)38-32(28)40(30)18-25-12-15-43-25/h1-11,13-14,16,20,25H,12,15,17-19H2,(H,41,42)/t25-/m0/s1. The molecule has 0 bridgehead atoms. The van der Waals surface area contributed by atoms with Crippen molar-refractivity contribution in [1.82, 2.24) is 29.1 Å². The van der Waals surface area contributed by atoms with Crippen molar-refractivity contribution in [1.29, 1.82) is 0 Å². The van der Waals surface area contributed by atoms with Gasteiger partial charge in [-0.05, 0) is 53.9 Å². The van der Waals surface area contributed by atoms with Crippen molar-refractivity contribution < 1.29 is 23.8 Å². The molecule has 220 valence electrons. The third kappa shape index (κ3) is 5.64. The summed E-state index contributed by atoms with van der Waals surface area (Å²) in [5.41, 5.74) is 4.57. The predicted octanol–water partition coefficient (Wildman–Crippen LogP) is 5.48. The Balaban J connectivity index is 1.08. The third-order valence-corrected chi connectivity index (χ3v) is 7.62. The number of carboxylic acid groups (broad SMARTS) is 1. The van der Waals surface area contributed by atoms with Gasteiger partial charge in [-0.15, -0.1) is 0 Å². The summed E-state index contributed by atoms with van der Waals surface area (Å²) in [6, 6.07) is 21.4. The van der Waals surface area contributed by atoms with E-state index in [9.17, 15) is 9.90 Å². The van der Waals surface area contributed by atoms with E-state index in [2.05, 4.69) is 19.9 Å². The van der Waals surface area contributed by atoms with Crippen LogP contribution in [0.3, 0.4) is 0 Å². The van der Waals surface area contributed by atoms with Crippen LogP contribution in [0.4, 0.5) is 4.39 Å². The molecule has 2 aromatic carbocycles. The molecular formula is C33H27FN6O4. The summed E-state index contributed by atoms with van der Waals surface area (Å²) in [5, 5.41) is 9.43. The highest BCUT2D eigenvalue weighted by atomic mass is 19.1. The van der Waals surface area contributed by atoms with Crippen LogP contribution in [0, 0.1) is 5.82 Å². The molecule has 1 saturated heterocycles. The van der Waals surface area contributed by atoms with E-state index in [1.54, 1.807) is 30.7 Å². The molecule has 10 nitrogen and oxygen atoms in total. The Labute approximate surface area is 251 Å². The summed E-state index contributed by atoms with van der Waals surface area (Å²) in [6.07, 6.45) is 6.43. The molecule has 11 heteroatoms. The van der Waals surface area contributed by atoms with Crippen LogP contribution in [0.15, 0.2) is 91.5 Å². The summed E-state index contributed by atoms with van der Waals surface area (Å²) in [6.45, 7) is 1.48. The van der Waals surface area contributed by atoms with E-state index < -0.39 is 11.8 Å². The van der Waals surface area contributed by atoms with Gasteiger partial charge in [-0.1, -0.05) is 30.3 Å². The van der Waals surface area contributed by atoms with Crippen molar-refractivity contribution in [3.63, 3.8) is 0 Å². The first kappa shape index (κ1) is 27.4. The van der Waals surface area contributed by atoms with Gasteiger partial charge in [0, 0.05) is 42.7 Å². The quantitative estimate of drug-likeness (QED) is 0.223. The van der Waals surface area contributed by atoms with Gasteiger partial charge in [-0.3, -0.25) is 0 Å². The largest absolute Gasteiger partial charge is 0.477 e. The maximum atomic E-state index is 15.5. The second-order valence-electron chi connectivity index (χ2n) is 10.5. The van der Waals surface area contributed by atoms with Crippen LogP contribution >= 0.6 is 0 Å². The van der Waals surface area contributed by atoms with E-state index in [0.29, 0.717) is 59.4 Å². The number of imidazole rings is 2. The summed E-state index contributed by atoms with van der Waals surface area (Å²) in [4.78, 5) is 29.2. The van der Waals surface area contributed by atoms with E-state index >= 15 is 4.39 Å². The van der Waals surface area contributed by atoms with Crippen molar-refractivity contribution in [3.8, 4) is 22.8 Å². The van der Waals surface area contributed by atoms with Gasteiger partial charge in [0.1, 0.15) is 23.8 Å². The Morgan fingerprint density at radius 1 is 1.05 bits per heavy atom. The molecule has 0 spiro atoms. The van der Waals surface area contributed by atoms with Crippen LogP contribution in [0.5, 0.6) is 5.88 Å². The smallest absolute Gasteiger partial charge is 0.354 e. The zero-order valence-electron chi connectivity index (χ0n) is 23.5. The van der Waals surface area contributed by atoms with E-state index in [4.69, 9.17) is 9.47 Å². The summed E-state index contributed by atoms with van der Waals surface area (Å²) in [7, 11) is 0. The summed E-state index contributed by atoms with van der Waals surface area (Å²) < 4.78 is 30.8. The van der Waals surface area contributed by atoms with E-state index in [1.807, 2.05) is 57.8 Å². The molecule has 0 saturated carbocycles. The first-order chi connectivity index (χ1) is 21.5. The molecule has 1 aliphatic rings. The van der Waals surface area contributed by atoms with E-state index in [1.165, 1.54) is 12.1 Å². The third-order valence-electron chi connectivity index (χ3n) is 7.62. The number of hydrogen-bond donors (Lipinski definition) is 1. The van der Waals surface area contributed by atoms with Crippen LogP contribution in [0.2, 0.25) is 0 Å². The average molecular weight is 591 g/mol. The highest BCUT2D eigenvalue weighted by Gasteiger charge is 2.24. The minimum Gasteiger partial charge on any atom is -0.477 e. The summed E-state index contributed by atoms with van der Waals surface area (Å²) >= 11 is 0. The minimum absolute atomic E-state index is 0.0177. The SMILES string of the molecule is O=C(O)c1ccc2nc(Cc3ccc(-c4cccc(OCc5ccc(-n6ccnc6)cc5)n4)cc3F)n(C[C@@H]3CCO3)c2n1. The van der Waals surface area contributed by atoms with Crippen LogP contribution in [0.25, 0.3) is 28.1 Å². The number of aromatic carboxylic acids is 1. The topological polar surface area (TPSA) is 117 Å². The molecule has 5 heterocycles. The molecule has 6 aromatic rings. The number of fused-ring (bicyclic) bond motifs is 1. The maximum Gasteiger partial charge on any atom is 0.354 e. The van der Waals surface area contributed by atoms with Gasteiger partial charge in [0.2, 0.25) is 5.88 Å². The molecule has 0 aliphatic carbocycles. The Kier molecular flexibility index (Phi) is 7.29. The van der Waals surface area contributed by atoms with Crippen LogP contribution in [0.1, 0.15) is 33.9 Å². The molecule has 1 aliphatic heterocycles. The zero-order chi connectivity index (χ0) is 30.0. The lowest BCUT2D eigenvalue weighted by atomic mass is 10.1. The molecule has 0 unspecified atom stereocenters. The van der Waals surface area contributed by atoms with Crippen molar-refractivity contribution in [3.05, 3.63) is 120 Å². The number of rotatable bonds is 10. The molecule has 1 fully saturated rings. The number of aromatic nitrogens is 6. The molecule has 1 N–H and O–H groups in total. The predicted molar refractivity (Wildman–Crippen MR) is 159 cm³/mol. The van der Waals surface area contributed by atoms with Gasteiger partial charge < -0.3 is 23.7 Å². The normalized spacial score (nSPS) is 14.4. The Morgan fingerprint density at radius 3 is 2.64 bits per heavy atom. The fraction of sp³-hybridized carbons (Fsp3) is 0.182. The van der Waals surface area contributed by atoms with Gasteiger partial charge in [-0.2, -0.15) is 0 Å². The molecular weight excluding hydrogens is 563 g/mol. The van der Waals surface area contributed by atoms with Gasteiger partial charge in [0.05, 0.1) is 24.7 Å². The number of hydrogen-bond acceptors (Lipinski definition) is 7. The summed E-state index contributed by atoms with van der Waals surface area (Å²) in [5.74, 6) is -0.494. The van der Waals surface area contributed by atoms with Crippen molar-refractivity contribution in [2.75, 3.05) is 6.61 Å². The second kappa shape index (κ2) is 11.7. The lowest BCUT2D eigenvalue weighted by Crippen LogP contribution is -2.32. The Morgan fingerprint density at radius 2 is 1.91 bits per heavy atom. The monoisotopic (exact) mass is 590 g/mol. The fourth-order valence-electron chi connectivity index (χ4n) is 5.14. The number of pyridine rings is 2. The van der Waals surface area contributed by atoms with Gasteiger partial charge in [-0.25, -0.2) is 29.1 Å². The molecule has 7 rings (SSSR count). The van der Waals surface area contributed by atoms with Gasteiger partial charge in [0.25, 0.3) is 0 Å². The highest BCUT2D eigenvalue weighted by Crippen LogP contribution is 2.26. The van der Waals surface area contributed by atoms with Crippen LogP contribution in [-0.2, 0) is 24.3 Å². The number of halogens is 1. The number of benzene rings is 2. The number of ether oxygens (including phenoxy) is 2. The van der Waals surface area contributed by atoms with Gasteiger partial charge in [0.15, 0.2) is 11.3 Å². The number of carboxylic acids is 1. The maximum absolute atomic E-state index is 15.5. The average Bonchev–Trinajstić information content (AvgIpc) is 3.67. The highest BCUT2D eigenvalue weighted by molar-refractivity contribution is 5.88. The van der Waals surface area contributed by atoms with Crippen LogP contribution < -0.4 is 4.74 Å². The first-order valence-electron chi connectivity index (χ1n) is 14.2. The van der Waals surface area contributed by atoms with Crippen LogP contribution in [-0.4, -0.2) is 52.9 Å². The molecule has 0 radical (unpaired) electrons. The Hall–Kier alpha value is -5.42. The fourth-order valence-corrected chi connectivity index (χ4v) is 5.14.